The Morgan fingerprint density at radius 2 is 1.70 bits per heavy atom. The lowest BCUT2D eigenvalue weighted by Gasteiger charge is -2.28. The van der Waals surface area contributed by atoms with Gasteiger partial charge in [0.1, 0.15) is 0 Å². The van der Waals surface area contributed by atoms with Gasteiger partial charge in [-0.3, -0.25) is 14.5 Å². The summed E-state index contributed by atoms with van der Waals surface area (Å²) in [5.41, 5.74) is 13.2. The van der Waals surface area contributed by atoms with Crippen molar-refractivity contribution in [2.45, 2.75) is 51.1 Å². The summed E-state index contributed by atoms with van der Waals surface area (Å²) in [6.45, 7) is 5.12. The SMILES string of the molecule is CC(C)C[C@@]1(c2ccccc2)N=C(N)N(CCCCNC(=O)[C@@H](N)Cc2ccccc2)C1=O. The maximum absolute atomic E-state index is 13.5. The molecule has 7 heteroatoms. The molecule has 0 radical (unpaired) electrons. The van der Waals surface area contributed by atoms with Crippen LogP contribution < -0.4 is 16.8 Å². The number of aliphatic imine (C=N–C) groups is 1. The van der Waals surface area contributed by atoms with Gasteiger partial charge in [0.05, 0.1) is 6.04 Å². The van der Waals surface area contributed by atoms with Gasteiger partial charge in [-0.2, -0.15) is 0 Å². The van der Waals surface area contributed by atoms with E-state index >= 15 is 0 Å². The average molecular weight is 450 g/mol. The Hall–Kier alpha value is -3.19. The molecule has 0 saturated heterocycles. The van der Waals surface area contributed by atoms with Crippen LogP contribution in [0.25, 0.3) is 0 Å². The molecule has 2 atom stereocenters. The van der Waals surface area contributed by atoms with Crippen LogP contribution in [0.2, 0.25) is 0 Å². The fourth-order valence-corrected chi connectivity index (χ4v) is 4.29. The molecule has 2 aromatic carbocycles. The van der Waals surface area contributed by atoms with Crippen LogP contribution in [0, 0.1) is 5.92 Å². The summed E-state index contributed by atoms with van der Waals surface area (Å²) in [6, 6.07) is 18.8. The van der Waals surface area contributed by atoms with Gasteiger partial charge >= 0.3 is 0 Å². The molecule has 176 valence electrons. The molecular formula is C26H35N5O2. The molecule has 1 heterocycles. The Bertz CT molecular complexity index is 961. The van der Waals surface area contributed by atoms with Crippen LogP contribution in [0.15, 0.2) is 65.7 Å². The van der Waals surface area contributed by atoms with Gasteiger partial charge in [-0.15, -0.1) is 0 Å². The Morgan fingerprint density at radius 1 is 1.06 bits per heavy atom. The number of amides is 2. The van der Waals surface area contributed by atoms with Gasteiger partial charge in [-0.25, -0.2) is 4.99 Å². The topological polar surface area (TPSA) is 114 Å². The summed E-state index contributed by atoms with van der Waals surface area (Å²) in [5.74, 6) is 0.297. The largest absolute Gasteiger partial charge is 0.369 e. The highest BCUT2D eigenvalue weighted by atomic mass is 16.2. The van der Waals surface area contributed by atoms with Crippen molar-refractivity contribution in [2.75, 3.05) is 13.1 Å². The molecule has 0 saturated carbocycles. The van der Waals surface area contributed by atoms with Crippen molar-refractivity contribution in [1.29, 1.82) is 0 Å². The average Bonchev–Trinajstić information content (AvgIpc) is 3.04. The second-order valence-corrected chi connectivity index (χ2v) is 9.05. The van der Waals surface area contributed by atoms with Crippen molar-refractivity contribution in [3.8, 4) is 0 Å². The fraction of sp³-hybridized carbons (Fsp3) is 0.423. The minimum Gasteiger partial charge on any atom is -0.369 e. The Labute approximate surface area is 196 Å². The van der Waals surface area contributed by atoms with Gasteiger partial charge in [0.2, 0.25) is 5.91 Å². The number of unbranched alkanes of at least 4 members (excludes halogenated alkanes) is 1. The van der Waals surface area contributed by atoms with Gasteiger partial charge in [0.15, 0.2) is 11.5 Å². The van der Waals surface area contributed by atoms with Gasteiger partial charge in [0, 0.05) is 13.1 Å². The molecule has 3 rings (SSSR count). The van der Waals surface area contributed by atoms with Crippen molar-refractivity contribution in [3.05, 3.63) is 71.8 Å². The summed E-state index contributed by atoms with van der Waals surface area (Å²) < 4.78 is 0. The molecule has 2 aromatic rings. The zero-order chi connectivity index (χ0) is 23.8. The van der Waals surface area contributed by atoms with E-state index in [1.807, 2.05) is 60.7 Å². The molecule has 0 aromatic heterocycles. The third kappa shape index (κ3) is 5.99. The first kappa shape index (κ1) is 24.5. The second-order valence-electron chi connectivity index (χ2n) is 9.05. The number of nitrogens with zero attached hydrogens (tertiary/aromatic N) is 2. The highest BCUT2D eigenvalue weighted by Gasteiger charge is 2.48. The number of hydrogen-bond acceptors (Lipinski definition) is 5. The van der Waals surface area contributed by atoms with Crippen LogP contribution in [0.5, 0.6) is 0 Å². The molecule has 0 unspecified atom stereocenters. The van der Waals surface area contributed by atoms with Gasteiger partial charge in [0.25, 0.3) is 5.91 Å². The lowest BCUT2D eigenvalue weighted by molar-refractivity contribution is -0.132. The summed E-state index contributed by atoms with van der Waals surface area (Å²) in [6.07, 6.45) is 2.51. The van der Waals surface area contributed by atoms with Crippen LogP contribution in [-0.4, -0.2) is 41.8 Å². The van der Waals surface area contributed by atoms with Crippen molar-refractivity contribution in [2.24, 2.45) is 22.4 Å². The van der Waals surface area contributed by atoms with Gasteiger partial charge in [-0.1, -0.05) is 74.5 Å². The smallest absolute Gasteiger partial charge is 0.261 e. The maximum atomic E-state index is 13.5. The first-order valence-corrected chi connectivity index (χ1v) is 11.6. The van der Waals surface area contributed by atoms with Crippen LogP contribution in [0.1, 0.15) is 44.2 Å². The van der Waals surface area contributed by atoms with Gasteiger partial charge in [-0.05, 0) is 42.7 Å². The summed E-state index contributed by atoms with van der Waals surface area (Å²) >= 11 is 0. The highest BCUT2D eigenvalue weighted by molar-refractivity contribution is 6.07. The monoisotopic (exact) mass is 449 g/mol. The Morgan fingerprint density at radius 3 is 2.33 bits per heavy atom. The van der Waals surface area contributed by atoms with E-state index in [1.54, 1.807) is 4.90 Å². The van der Waals surface area contributed by atoms with E-state index in [-0.39, 0.29) is 23.7 Å². The molecule has 0 aliphatic carbocycles. The van der Waals surface area contributed by atoms with E-state index in [0.29, 0.717) is 38.8 Å². The van der Waals surface area contributed by atoms with Crippen molar-refractivity contribution in [1.82, 2.24) is 10.2 Å². The van der Waals surface area contributed by atoms with Crippen molar-refractivity contribution in [3.63, 3.8) is 0 Å². The lowest BCUT2D eigenvalue weighted by Crippen LogP contribution is -2.44. The molecular weight excluding hydrogens is 414 g/mol. The molecule has 33 heavy (non-hydrogen) atoms. The number of benzene rings is 2. The summed E-state index contributed by atoms with van der Waals surface area (Å²) in [4.78, 5) is 32.0. The molecule has 0 spiro atoms. The zero-order valence-corrected chi connectivity index (χ0v) is 19.5. The standard InChI is InChI=1S/C26H35N5O2/c1-19(2)18-26(21-13-7-4-8-14-21)24(33)31(25(28)30-26)16-10-9-15-29-23(32)22(27)17-20-11-5-3-6-12-20/h3-8,11-14,19,22H,9-10,15-18,27H2,1-2H3,(H2,28,30)(H,29,32)/t22-,26-/m0/s1. The van der Waals surface area contributed by atoms with Crippen LogP contribution in [-0.2, 0) is 21.5 Å². The van der Waals surface area contributed by atoms with E-state index in [1.165, 1.54) is 0 Å². The number of rotatable bonds is 11. The zero-order valence-electron chi connectivity index (χ0n) is 19.5. The first-order chi connectivity index (χ1) is 15.8. The van der Waals surface area contributed by atoms with Crippen LogP contribution in [0.3, 0.4) is 0 Å². The number of guanidine groups is 1. The predicted octanol–water partition coefficient (Wildman–Crippen LogP) is 2.55. The number of carbonyl (C=O) groups is 2. The fourth-order valence-electron chi connectivity index (χ4n) is 4.29. The van der Waals surface area contributed by atoms with Crippen molar-refractivity contribution < 1.29 is 9.59 Å². The van der Waals surface area contributed by atoms with E-state index in [9.17, 15) is 9.59 Å². The van der Waals surface area contributed by atoms with E-state index < -0.39 is 11.6 Å². The van der Waals surface area contributed by atoms with Crippen molar-refractivity contribution >= 4 is 17.8 Å². The van der Waals surface area contributed by atoms with E-state index in [4.69, 9.17) is 11.5 Å². The third-order valence-electron chi connectivity index (χ3n) is 5.88. The molecule has 1 aliphatic heterocycles. The maximum Gasteiger partial charge on any atom is 0.261 e. The molecule has 0 bridgehead atoms. The second kappa shape index (κ2) is 11.1. The molecule has 0 fully saturated rings. The van der Waals surface area contributed by atoms with Crippen LogP contribution >= 0.6 is 0 Å². The number of carbonyl (C=O) groups excluding carboxylic acids is 2. The number of hydrogen-bond donors (Lipinski definition) is 3. The minimum atomic E-state index is -0.960. The van der Waals surface area contributed by atoms with E-state index in [2.05, 4.69) is 24.2 Å². The summed E-state index contributed by atoms with van der Waals surface area (Å²) in [7, 11) is 0. The van der Waals surface area contributed by atoms with Gasteiger partial charge < -0.3 is 16.8 Å². The molecule has 2 amide bonds. The number of nitrogens with one attached hydrogen (secondary N) is 1. The quantitative estimate of drug-likeness (QED) is 0.458. The molecule has 1 aliphatic rings. The Kier molecular flexibility index (Phi) is 8.22. The molecule has 5 N–H and O–H groups in total. The number of nitrogens with two attached hydrogens (primary N) is 2. The normalized spacial score (nSPS) is 19.0. The molecule has 7 nitrogen and oxygen atoms in total. The van der Waals surface area contributed by atoms with Crippen LogP contribution in [0.4, 0.5) is 0 Å². The third-order valence-corrected chi connectivity index (χ3v) is 5.88. The highest BCUT2D eigenvalue weighted by Crippen LogP contribution is 2.38. The Balaban J connectivity index is 1.50. The predicted molar refractivity (Wildman–Crippen MR) is 131 cm³/mol. The minimum absolute atomic E-state index is 0.0752. The lowest BCUT2D eigenvalue weighted by atomic mass is 9.82. The van der Waals surface area contributed by atoms with E-state index in [0.717, 1.165) is 11.1 Å². The first-order valence-electron chi connectivity index (χ1n) is 11.6. The summed E-state index contributed by atoms with van der Waals surface area (Å²) in [5, 5.41) is 2.89.